The summed E-state index contributed by atoms with van der Waals surface area (Å²) in [6.45, 7) is 4.65. The highest BCUT2D eigenvalue weighted by Gasteiger charge is 2.04. The third-order valence-electron chi connectivity index (χ3n) is 2.85. The van der Waals surface area contributed by atoms with Gasteiger partial charge in [-0.1, -0.05) is 36.8 Å². The number of carbonyl (C=O) groups is 1. The van der Waals surface area contributed by atoms with Crippen molar-refractivity contribution in [2.45, 2.75) is 39.2 Å². The number of benzene rings is 1. The third-order valence-corrected chi connectivity index (χ3v) is 2.85. The molecule has 0 radical (unpaired) electrons. The van der Waals surface area contributed by atoms with Crippen LogP contribution < -0.4 is 11.1 Å². The smallest absolute Gasteiger partial charge is 0.220 e. The van der Waals surface area contributed by atoms with Crippen molar-refractivity contribution in [1.82, 2.24) is 5.32 Å². The number of amides is 1. The van der Waals surface area contributed by atoms with Gasteiger partial charge in [0.05, 0.1) is 0 Å². The Bertz CT molecular complexity index is 346. The standard InChI is InChI=1S/C14H22N2O/c1-3-13(15)10-16-14(17)9-8-12-6-4-11(2)5-7-12/h4-7,13H,3,8-10,15H2,1-2H3,(H,16,17). The first-order valence-electron chi connectivity index (χ1n) is 6.19. The summed E-state index contributed by atoms with van der Waals surface area (Å²) in [6.07, 6.45) is 2.20. The maximum absolute atomic E-state index is 11.5. The second-order valence-electron chi connectivity index (χ2n) is 4.46. The highest BCUT2D eigenvalue weighted by molar-refractivity contribution is 5.76. The first-order valence-corrected chi connectivity index (χ1v) is 6.19. The topological polar surface area (TPSA) is 55.1 Å². The fraction of sp³-hybridized carbons (Fsp3) is 0.500. The lowest BCUT2D eigenvalue weighted by atomic mass is 10.1. The monoisotopic (exact) mass is 234 g/mol. The van der Waals surface area contributed by atoms with Gasteiger partial charge in [-0.15, -0.1) is 0 Å². The molecule has 94 valence electrons. The van der Waals surface area contributed by atoms with E-state index in [4.69, 9.17) is 5.73 Å². The SMILES string of the molecule is CCC(N)CNC(=O)CCc1ccc(C)cc1. The Kier molecular flexibility index (Phi) is 5.70. The lowest BCUT2D eigenvalue weighted by molar-refractivity contribution is -0.121. The minimum absolute atomic E-state index is 0.0679. The predicted molar refractivity (Wildman–Crippen MR) is 70.8 cm³/mol. The van der Waals surface area contributed by atoms with Crippen molar-refractivity contribution in [2.75, 3.05) is 6.54 Å². The van der Waals surface area contributed by atoms with Crippen molar-refractivity contribution in [2.24, 2.45) is 5.73 Å². The molecule has 1 rings (SSSR count). The van der Waals surface area contributed by atoms with Crippen molar-refractivity contribution in [3.63, 3.8) is 0 Å². The van der Waals surface area contributed by atoms with Gasteiger partial charge in [0.15, 0.2) is 0 Å². The van der Waals surface area contributed by atoms with Crippen molar-refractivity contribution in [3.8, 4) is 0 Å². The molecule has 0 saturated heterocycles. The molecule has 0 aliphatic rings. The maximum Gasteiger partial charge on any atom is 0.220 e. The van der Waals surface area contributed by atoms with E-state index in [0.29, 0.717) is 13.0 Å². The summed E-state index contributed by atoms with van der Waals surface area (Å²) in [5, 5.41) is 2.85. The van der Waals surface area contributed by atoms with Crippen LogP contribution in [0.25, 0.3) is 0 Å². The van der Waals surface area contributed by atoms with Gasteiger partial charge in [0, 0.05) is 19.0 Å². The zero-order chi connectivity index (χ0) is 12.7. The van der Waals surface area contributed by atoms with Gasteiger partial charge < -0.3 is 11.1 Å². The van der Waals surface area contributed by atoms with E-state index >= 15 is 0 Å². The van der Waals surface area contributed by atoms with E-state index in [1.807, 2.05) is 6.92 Å². The molecule has 3 heteroatoms. The van der Waals surface area contributed by atoms with E-state index in [1.54, 1.807) is 0 Å². The third kappa shape index (κ3) is 5.50. The molecule has 0 heterocycles. The molecule has 0 aliphatic heterocycles. The summed E-state index contributed by atoms with van der Waals surface area (Å²) in [4.78, 5) is 11.5. The summed E-state index contributed by atoms with van der Waals surface area (Å²) in [7, 11) is 0. The molecule has 3 nitrogen and oxygen atoms in total. The summed E-state index contributed by atoms with van der Waals surface area (Å²) in [6, 6.07) is 8.35. The van der Waals surface area contributed by atoms with E-state index in [2.05, 4.69) is 36.5 Å². The van der Waals surface area contributed by atoms with Gasteiger partial charge in [-0.25, -0.2) is 0 Å². The average Bonchev–Trinajstić information content (AvgIpc) is 2.35. The second kappa shape index (κ2) is 7.07. The normalized spacial score (nSPS) is 12.2. The molecule has 0 bridgehead atoms. The lowest BCUT2D eigenvalue weighted by Gasteiger charge is -2.10. The molecule has 1 aromatic carbocycles. The zero-order valence-corrected chi connectivity index (χ0v) is 10.7. The van der Waals surface area contributed by atoms with Crippen LogP contribution in [0.2, 0.25) is 0 Å². The van der Waals surface area contributed by atoms with Crippen molar-refractivity contribution >= 4 is 5.91 Å². The first-order chi connectivity index (χ1) is 8.11. The van der Waals surface area contributed by atoms with Gasteiger partial charge in [0.25, 0.3) is 0 Å². The van der Waals surface area contributed by atoms with Crippen molar-refractivity contribution < 1.29 is 4.79 Å². The Labute approximate surface area is 103 Å². The Balaban J connectivity index is 2.26. The second-order valence-corrected chi connectivity index (χ2v) is 4.46. The van der Waals surface area contributed by atoms with Crippen LogP contribution >= 0.6 is 0 Å². The van der Waals surface area contributed by atoms with Crippen molar-refractivity contribution in [1.29, 1.82) is 0 Å². The summed E-state index contributed by atoms with van der Waals surface area (Å²) < 4.78 is 0. The quantitative estimate of drug-likeness (QED) is 0.788. The molecule has 0 saturated carbocycles. The molecule has 1 unspecified atom stereocenters. The molecule has 3 N–H and O–H groups in total. The van der Waals surface area contributed by atoms with Crippen LogP contribution in [0.3, 0.4) is 0 Å². The molecular weight excluding hydrogens is 212 g/mol. The largest absolute Gasteiger partial charge is 0.355 e. The van der Waals surface area contributed by atoms with Gasteiger partial charge in [0.1, 0.15) is 0 Å². The molecule has 17 heavy (non-hydrogen) atoms. The molecule has 1 aromatic rings. The van der Waals surface area contributed by atoms with Crippen LogP contribution in [0.15, 0.2) is 24.3 Å². The molecule has 1 atom stereocenters. The summed E-state index contributed by atoms with van der Waals surface area (Å²) >= 11 is 0. The molecule has 0 spiro atoms. The van der Waals surface area contributed by atoms with Crippen LogP contribution in [-0.4, -0.2) is 18.5 Å². The number of rotatable bonds is 6. The average molecular weight is 234 g/mol. The predicted octanol–water partition coefficient (Wildman–Crippen LogP) is 1.78. The molecule has 0 aromatic heterocycles. The minimum atomic E-state index is 0.0679. The number of nitrogens with one attached hydrogen (secondary N) is 1. The van der Waals surface area contributed by atoms with Crippen LogP contribution in [0, 0.1) is 6.92 Å². The van der Waals surface area contributed by atoms with E-state index in [9.17, 15) is 4.79 Å². The number of hydrogen-bond acceptors (Lipinski definition) is 2. The Morgan fingerprint density at radius 1 is 1.35 bits per heavy atom. The fourth-order valence-electron chi connectivity index (χ4n) is 1.49. The summed E-state index contributed by atoms with van der Waals surface area (Å²) in [5.41, 5.74) is 8.17. The fourth-order valence-corrected chi connectivity index (χ4v) is 1.49. The number of carbonyl (C=O) groups excluding carboxylic acids is 1. The lowest BCUT2D eigenvalue weighted by Crippen LogP contribution is -2.36. The summed E-state index contributed by atoms with van der Waals surface area (Å²) in [5.74, 6) is 0.0782. The van der Waals surface area contributed by atoms with E-state index in [0.717, 1.165) is 12.8 Å². The van der Waals surface area contributed by atoms with Gasteiger partial charge in [0.2, 0.25) is 5.91 Å². The van der Waals surface area contributed by atoms with E-state index in [-0.39, 0.29) is 11.9 Å². The number of aryl methyl sites for hydroxylation is 2. The van der Waals surface area contributed by atoms with Crippen LogP contribution in [0.1, 0.15) is 30.9 Å². The Hall–Kier alpha value is -1.35. The first kappa shape index (κ1) is 13.7. The zero-order valence-electron chi connectivity index (χ0n) is 10.7. The molecule has 0 aliphatic carbocycles. The van der Waals surface area contributed by atoms with Gasteiger partial charge in [-0.3, -0.25) is 4.79 Å². The van der Waals surface area contributed by atoms with Gasteiger partial charge in [-0.2, -0.15) is 0 Å². The van der Waals surface area contributed by atoms with E-state index in [1.165, 1.54) is 11.1 Å². The maximum atomic E-state index is 11.5. The Morgan fingerprint density at radius 3 is 2.59 bits per heavy atom. The van der Waals surface area contributed by atoms with Crippen LogP contribution in [0.4, 0.5) is 0 Å². The van der Waals surface area contributed by atoms with Crippen LogP contribution in [-0.2, 0) is 11.2 Å². The minimum Gasteiger partial charge on any atom is -0.355 e. The van der Waals surface area contributed by atoms with Gasteiger partial charge >= 0.3 is 0 Å². The number of hydrogen-bond donors (Lipinski definition) is 2. The Morgan fingerprint density at radius 2 is 2.00 bits per heavy atom. The molecular formula is C14H22N2O. The highest BCUT2D eigenvalue weighted by Crippen LogP contribution is 2.05. The molecule has 1 amide bonds. The van der Waals surface area contributed by atoms with Crippen molar-refractivity contribution in [3.05, 3.63) is 35.4 Å². The van der Waals surface area contributed by atoms with Gasteiger partial charge in [-0.05, 0) is 25.3 Å². The van der Waals surface area contributed by atoms with Crippen LogP contribution in [0.5, 0.6) is 0 Å². The number of nitrogens with two attached hydrogens (primary N) is 1. The highest BCUT2D eigenvalue weighted by atomic mass is 16.1. The molecule has 0 fully saturated rings. The van der Waals surface area contributed by atoms with E-state index < -0.39 is 0 Å².